The lowest BCUT2D eigenvalue weighted by atomic mass is 10.1. The number of nitrogens with zero attached hydrogens (tertiary/aromatic N) is 1. The van der Waals surface area contributed by atoms with E-state index < -0.39 is 11.7 Å². The second-order valence-electron chi connectivity index (χ2n) is 5.53. The summed E-state index contributed by atoms with van der Waals surface area (Å²) in [5, 5.41) is 3.35. The van der Waals surface area contributed by atoms with Gasteiger partial charge in [-0.15, -0.1) is 0 Å². The van der Waals surface area contributed by atoms with E-state index in [1.54, 1.807) is 0 Å². The first-order chi connectivity index (χ1) is 9.88. The first-order valence-corrected chi connectivity index (χ1v) is 7.13. The number of nitrogens with one attached hydrogen (secondary N) is 1. The van der Waals surface area contributed by atoms with Gasteiger partial charge in [0.1, 0.15) is 0 Å². The van der Waals surface area contributed by atoms with Gasteiger partial charge in [0.25, 0.3) is 0 Å². The van der Waals surface area contributed by atoms with Gasteiger partial charge >= 0.3 is 6.18 Å². The van der Waals surface area contributed by atoms with Gasteiger partial charge < -0.3 is 15.0 Å². The van der Waals surface area contributed by atoms with E-state index >= 15 is 0 Å². The maximum Gasteiger partial charge on any atom is 0.416 e. The highest BCUT2D eigenvalue weighted by atomic mass is 19.4. The molecule has 0 amide bonds. The van der Waals surface area contributed by atoms with Crippen LogP contribution in [-0.4, -0.2) is 38.4 Å². The Kier molecular flexibility index (Phi) is 5.11. The summed E-state index contributed by atoms with van der Waals surface area (Å²) in [6.45, 7) is 6.74. The fourth-order valence-electron chi connectivity index (χ4n) is 2.38. The van der Waals surface area contributed by atoms with E-state index in [1.807, 2.05) is 0 Å². The lowest BCUT2D eigenvalue weighted by Gasteiger charge is -2.38. The van der Waals surface area contributed by atoms with E-state index in [4.69, 9.17) is 4.74 Å². The van der Waals surface area contributed by atoms with Crippen molar-refractivity contribution < 1.29 is 17.9 Å². The zero-order chi connectivity index (χ0) is 15.5. The lowest BCUT2D eigenvalue weighted by molar-refractivity contribution is -0.137. The summed E-state index contributed by atoms with van der Waals surface area (Å²) in [6.07, 6.45) is -4.29. The van der Waals surface area contributed by atoms with Crippen molar-refractivity contribution in [2.24, 2.45) is 0 Å². The Morgan fingerprint density at radius 2 is 1.95 bits per heavy atom. The maximum absolute atomic E-state index is 12.6. The quantitative estimate of drug-likeness (QED) is 0.925. The van der Waals surface area contributed by atoms with Gasteiger partial charge in [-0.25, -0.2) is 0 Å². The van der Waals surface area contributed by atoms with Gasteiger partial charge in [0.15, 0.2) is 0 Å². The van der Waals surface area contributed by atoms with Crippen LogP contribution in [-0.2, 0) is 10.9 Å². The van der Waals surface area contributed by atoms with Crippen molar-refractivity contribution in [3.8, 4) is 0 Å². The van der Waals surface area contributed by atoms with Gasteiger partial charge in [-0.05, 0) is 24.3 Å². The SMILES string of the molecule is CC(C)NCC1COCCN1c1ccc(C(F)(F)F)cc1. The van der Waals surface area contributed by atoms with Gasteiger partial charge in [-0.2, -0.15) is 13.2 Å². The molecular weight excluding hydrogens is 281 g/mol. The minimum absolute atomic E-state index is 0.137. The molecule has 0 aliphatic carbocycles. The minimum atomic E-state index is -4.29. The average Bonchev–Trinajstić information content (AvgIpc) is 2.44. The van der Waals surface area contributed by atoms with E-state index in [0.717, 1.165) is 24.4 Å². The number of rotatable bonds is 4. The van der Waals surface area contributed by atoms with Crippen molar-refractivity contribution in [3.63, 3.8) is 0 Å². The zero-order valence-corrected chi connectivity index (χ0v) is 12.3. The molecule has 21 heavy (non-hydrogen) atoms. The molecule has 118 valence electrons. The molecule has 1 N–H and O–H groups in total. The van der Waals surface area contributed by atoms with E-state index in [2.05, 4.69) is 24.1 Å². The number of benzene rings is 1. The Morgan fingerprint density at radius 3 is 2.52 bits per heavy atom. The van der Waals surface area contributed by atoms with Gasteiger partial charge in [-0.3, -0.25) is 0 Å². The largest absolute Gasteiger partial charge is 0.416 e. The summed E-state index contributed by atoms with van der Waals surface area (Å²) in [5.41, 5.74) is 0.193. The van der Waals surface area contributed by atoms with Crippen LogP contribution in [0.5, 0.6) is 0 Å². The highest BCUT2D eigenvalue weighted by molar-refractivity contribution is 5.49. The van der Waals surface area contributed by atoms with Gasteiger partial charge in [0, 0.05) is 24.8 Å². The Morgan fingerprint density at radius 1 is 1.29 bits per heavy atom. The predicted octanol–water partition coefficient (Wildman–Crippen LogP) is 2.91. The molecule has 1 aliphatic rings. The fourth-order valence-corrected chi connectivity index (χ4v) is 2.38. The molecule has 0 bridgehead atoms. The Labute approximate surface area is 123 Å². The predicted molar refractivity (Wildman–Crippen MR) is 76.5 cm³/mol. The fraction of sp³-hybridized carbons (Fsp3) is 0.600. The van der Waals surface area contributed by atoms with Crippen LogP contribution >= 0.6 is 0 Å². The molecule has 1 fully saturated rings. The molecule has 1 aromatic carbocycles. The highest BCUT2D eigenvalue weighted by Gasteiger charge is 2.31. The first-order valence-electron chi connectivity index (χ1n) is 7.13. The van der Waals surface area contributed by atoms with Crippen LogP contribution in [0.2, 0.25) is 0 Å². The number of ether oxygens (including phenoxy) is 1. The Bertz CT molecular complexity index is 445. The summed E-state index contributed by atoms with van der Waals surface area (Å²) < 4.78 is 43.3. The maximum atomic E-state index is 12.6. The van der Waals surface area contributed by atoms with Crippen LogP contribution in [0.25, 0.3) is 0 Å². The van der Waals surface area contributed by atoms with Crippen LogP contribution in [0.3, 0.4) is 0 Å². The molecule has 1 atom stereocenters. The standard InChI is InChI=1S/C15H21F3N2O/c1-11(2)19-9-14-10-21-8-7-20(14)13-5-3-12(4-6-13)15(16,17)18/h3-6,11,14,19H,7-10H2,1-2H3. The third kappa shape index (κ3) is 4.35. The van der Waals surface area contributed by atoms with E-state index in [1.165, 1.54) is 12.1 Å². The number of hydrogen-bond donors (Lipinski definition) is 1. The average molecular weight is 302 g/mol. The van der Waals surface area contributed by atoms with E-state index in [9.17, 15) is 13.2 Å². The molecule has 2 rings (SSSR count). The monoisotopic (exact) mass is 302 g/mol. The van der Waals surface area contributed by atoms with Crippen LogP contribution in [0.1, 0.15) is 19.4 Å². The van der Waals surface area contributed by atoms with Crippen LogP contribution < -0.4 is 10.2 Å². The molecule has 1 unspecified atom stereocenters. The van der Waals surface area contributed by atoms with Crippen molar-refractivity contribution in [2.75, 3.05) is 31.2 Å². The second kappa shape index (κ2) is 6.66. The molecule has 1 aliphatic heterocycles. The normalized spacial score (nSPS) is 20.1. The number of alkyl halides is 3. The zero-order valence-electron chi connectivity index (χ0n) is 12.3. The van der Waals surface area contributed by atoms with E-state index in [0.29, 0.717) is 25.8 Å². The van der Waals surface area contributed by atoms with Crippen molar-refractivity contribution in [3.05, 3.63) is 29.8 Å². The van der Waals surface area contributed by atoms with Crippen molar-refractivity contribution in [1.29, 1.82) is 0 Å². The van der Waals surface area contributed by atoms with Crippen LogP contribution in [0, 0.1) is 0 Å². The number of hydrogen-bond acceptors (Lipinski definition) is 3. The topological polar surface area (TPSA) is 24.5 Å². The smallest absolute Gasteiger partial charge is 0.377 e. The van der Waals surface area contributed by atoms with Crippen molar-refractivity contribution >= 4 is 5.69 Å². The summed E-state index contributed by atoms with van der Waals surface area (Å²) in [7, 11) is 0. The molecule has 0 aromatic heterocycles. The molecule has 0 saturated carbocycles. The van der Waals surface area contributed by atoms with Gasteiger partial charge in [0.2, 0.25) is 0 Å². The number of morpholine rings is 1. The molecule has 0 spiro atoms. The Balaban J connectivity index is 2.10. The molecule has 0 radical (unpaired) electrons. The highest BCUT2D eigenvalue weighted by Crippen LogP contribution is 2.31. The minimum Gasteiger partial charge on any atom is -0.377 e. The summed E-state index contributed by atoms with van der Waals surface area (Å²) in [4.78, 5) is 2.11. The van der Waals surface area contributed by atoms with Gasteiger partial charge in [-0.1, -0.05) is 13.8 Å². The first kappa shape index (κ1) is 16.1. The molecule has 1 saturated heterocycles. The third-order valence-corrected chi connectivity index (χ3v) is 3.52. The molecule has 3 nitrogen and oxygen atoms in total. The summed E-state index contributed by atoms with van der Waals surface area (Å²) in [6, 6.07) is 5.85. The summed E-state index contributed by atoms with van der Waals surface area (Å²) >= 11 is 0. The Hall–Kier alpha value is -1.27. The third-order valence-electron chi connectivity index (χ3n) is 3.52. The summed E-state index contributed by atoms with van der Waals surface area (Å²) in [5.74, 6) is 0. The number of halogens is 3. The lowest BCUT2D eigenvalue weighted by Crippen LogP contribution is -2.51. The molecular formula is C15H21F3N2O. The van der Waals surface area contributed by atoms with Crippen LogP contribution in [0.15, 0.2) is 24.3 Å². The molecule has 6 heteroatoms. The van der Waals surface area contributed by atoms with Crippen molar-refractivity contribution in [1.82, 2.24) is 5.32 Å². The molecule has 1 aromatic rings. The molecule has 1 heterocycles. The van der Waals surface area contributed by atoms with Gasteiger partial charge in [0.05, 0.1) is 24.8 Å². The van der Waals surface area contributed by atoms with Crippen molar-refractivity contribution in [2.45, 2.75) is 32.1 Å². The second-order valence-corrected chi connectivity index (χ2v) is 5.53. The van der Waals surface area contributed by atoms with E-state index in [-0.39, 0.29) is 6.04 Å². The van der Waals surface area contributed by atoms with Crippen LogP contribution in [0.4, 0.5) is 18.9 Å². The number of anilines is 1.